The predicted octanol–water partition coefficient (Wildman–Crippen LogP) is 5.83. The van der Waals surface area contributed by atoms with Crippen LogP contribution in [0, 0.1) is 12.3 Å². The van der Waals surface area contributed by atoms with Crippen LogP contribution >= 0.6 is 11.6 Å². The highest BCUT2D eigenvalue weighted by molar-refractivity contribution is 6.31. The van der Waals surface area contributed by atoms with E-state index in [0.29, 0.717) is 46.8 Å². The third kappa shape index (κ3) is 5.31. The molecular weight excluding hydrogens is 431 g/mol. The lowest BCUT2D eigenvalue weighted by atomic mass is 9.99. The number of halogens is 2. The van der Waals surface area contributed by atoms with E-state index in [4.69, 9.17) is 27.5 Å². The first-order valence-electron chi connectivity index (χ1n) is 10.0. The van der Waals surface area contributed by atoms with Crippen LogP contribution in [0.4, 0.5) is 4.39 Å². The molecule has 0 aromatic carbocycles. The second-order valence-corrected chi connectivity index (χ2v) is 7.53. The van der Waals surface area contributed by atoms with Gasteiger partial charge in [-0.2, -0.15) is 0 Å². The second kappa shape index (κ2) is 10.9. The molecule has 32 heavy (non-hydrogen) atoms. The van der Waals surface area contributed by atoms with Crippen molar-refractivity contribution in [1.82, 2.24) is 9.97 Å². The van der Waals surface area contributed by atoms with Crippen LogP contribution in [0.25, 0.3) is 11.0 Å². The molecule has 0 saturated heterocycles. The summed E-state index contributed by atoms with van der Waals surface area (Å²) in [6, 6.07) is 1.67. The molecule has 2 heterocycles. The molecule has 7 heteroatoms. The smallest absolute Gasteiger partial charge is 0.169 e. The highest BCUT2D eigenvalue weighted by atomic mass is 35.5. The molecule has 0 fully saturated rings. The Labute approximate surface area is 191 Å². The summed E-state index contributed by atoms with van der Waals surface area (Å²) in [5.41, 5.74) is 1.92. The van der Waals surface area contributed by atoms with E-state index >= 15 is 4.39 Å². The lowest BCUT2D eigenvalue weighted by molar-refractivity contribution is 0.162. The Morgan fingerprint density at radius 2 is 2.28 bits per heavy atom. The number of hydrogen-bond acceptors (Lipinski definition) is 4. The molecule has 0 spiro atoms. The number of rotatable bonds is 8. The Kier molecular flexibility index (Phi) is 7.93. The molecule has 1 atom stereocenters. The van der Waals surface area contributed by atoms with Crippen LogP contribution in [0.5, 0.6) is 0 Å². The molecule has 0 saturated carbocycles. The average molecular weight is 455 g/mol. The van der Waals surface area contributed by atoms with Crippen molar-refractivity contribution in [3.63, 3.8) is 0 Å². The summed E-state index contributed by atoms with van der Waals surface area (Å²) in [6.07, 6.45) is 16.5. The summed E-state index contributed by atoms with van der Waals surface area (Å²) in [5.74, 6) is 2.40. The zero-order chi connectivity index (χ0) is 23.1. The van der Waals surface area contributed by atoms with Crippen molar-refractivity contribution in [2.45, 2.75) is 25.9 Å². The van der Waals surface area contributed by atoms with E-state index < -0.39 is 11.9 Å². The highest BCUT2D eigenvalue weighted by Crippen LogP contribution is 2.38. The molecule has 2 aromatic rings. The summed E-state index contributed by atoms with van der Waals surface area (Å²) >= 11 is 6.06. The number of terminal acetylenes is 1. The van der Waals surface area contributed by atoms with Gasteiger partial charge in [0.05, 0.1) is 24.3 Å². The van der Waals surface area contributed by atoms with E-state index in [-0.39, 0.29) is 11.3 Å². The van der Waals surface area contributed by atoms with Gasteiger partial charge in [0.2, 0.25) is 0 Å². The third-order valence-electron chi connectivity index (χ3n) is 4.86. The molecule has 2 aromatic heterocycles. The summed E-state index contributed by atoms with van der Waals surface area (Å²) in [5, 5.41) is 12.1. The molecule has 166 valence electrons. The van der Waals surface area contributed by atoms with Crippen molar-refractivity contribution >= 4 is 22.6 Å². The quantitative estimate of drug-likeness (QED) is 0.299. The SMILES string of the molecule is C#C/C=C(C)\C=C/CCOC1=CCC=C(F)C(C(O)c2c[nH]c3ncc(Cl)cc23)=C1OC. The van der Waals surface area contributed by atoms with E-state index in [1.165, 1.54) is 19.4 Å². The number of methoxy groups -OCH3 is 1. The number of aromatic amines is 1. The molecule has 0 aliphatic heterocycles. The van der Waals surface area contributed by atoms with Gasteiger partial charge in [-0.1, -0.05) is 29.7 Å². The largest absolute Gasteiger partial charge is 0.492 e. The number of hydrogen-bond donors (Lipinski definition) is 2. The van der Waals surface area contributed by atoms with Gasteiger partial charge >= 0.3 is 0 Å². The maximum atomic E-state index is 15.0. The monoisotopic (exact) mass is 454 g/mol. The predicted molar refractivity (Wildman–Crippen MR) is 124 cm³/mol. The van der Waals surface area contributed by atoms with E-state index in [2.05, 4.69) is 15.9 Å². The van der Waals surface area contributed by atoms with Crippen LogP contribution < -0.4 is 0 Å². The zero-order valence-electron chi connectivity index (χ0n) is 17.9. The number of H-pyrrole nitrogens is 1. The molecule has 0 bridgehead atoms. The van der Waals surface area contributed by atoms with Gasteiger partial charge in [0.1, 0.15) is 17.6 Å². The van der Waals surface area contributed by atoms with Gasteiger partial charge in [-0.25, -0.2) is 9.37 Å². The third-order valence-corrected chi connectivity index (χ3v) is 5.07. The van der Waals surface area contributed by atoms with Crippen molar-refractivity contribution in [2.75, 3.05) is 13.7 Å². The number of fused-ring (bicyclic) bond motifs is 1. The van der Waals surface area contributed by atoms with Gasteiger partial charge in [0, 0.05) is 23.3 Å². The molecule has 0 amide bonds. The van der Waals surface area contributed by atoms with Gasteiger partial charge in [-0.05, 0) is 49.6 Å². The second-order valence-electron chi connectivity index (χ2n) is 7.09. The first-order valence-corrected chi connectivity index (χ1v) is 10.4. The Bertz CT molecular complexity index is 1180. The molecule has 1 unspecified atom stereocenters. The number of nitrogens with one attached hydrogen (secondary N) is 1. The topological polar surface area (TPSA) is 67.4 Å². The normalized spacial score (nSPS) is 15.9. The number of nitrogens with zero attached hydrogens (tertiary/aromatic N) is 1. The fourth-order valence-electron chi connectivity index (χ4n) is 3.37. The van der Waals surface area contributed by atoms with E-state index in [1.807, 2.05) is 19.1 Å². The van der Waals surface area contributed by atoms with Gasteiger partial charge in [0.25, 0.3) is 0 Å². The van der Waals surface area contributed by atoms with E-state index in [0.717, 1.165) is 5.57 Å². The number of allylic oxidation sites excluding steroid dienone is 5. The first kappa shape index (κ1) is 23.4. The van der Waals surface area contributed by atoms with Crippen molar-refractivity contribution in [1.29, 1.82) is 0 Å². The fraction of sp³-hybridized carbons (Fsp3) is 0.240. The summed E-state index contributed by atoms with van der Waals surface area (Å²) < 4.78 is 26.4. The summed E-state index contributed by atoms with van der Waals surface area (Å²) in [4.78, 5) is 7.16. The maximum Gasteiger partial charge on any atom is 0.169 e. The Balaban J connectivity index is 1.87. The number of aromatic nitrogens is 2. The summed E-state index contributed by atoms with van der Waals surface area (Å²) in [7, 11) is 1.42. The van der Waals surface area contributed by atoms with Crippen LogP contribution in [0.2, 0.25) is 5.02 Å². The molecule has 1 aliphatic carbocycles. The molecule has 2 N–H and O–H groups in total. The minimum absolute atomic E-state index is 0.0135. The van der Waals surface area contributed by atoms with Gasteiger partial charge in [-0.3, -0.25) is 0 Å². The molecule has 3 rings (SSSR count). The van der Waals surface area contributed by atoms with E-state index in [9.17, 15) is 5.11 Å². The van der Waals surface area contributed by atoms with Crippen LogP contribution in [0.15, 0.2) is 77.3 Å². The van der Waals surface area contributed by atoms with Gasteiger partial charge in [0.15, 0.2) is 11.5 Å². The Hall–Kier alpha value is -3.27. The molecule has 0 radical (unpaired) electrons. The van der Waals surface area contributed by atoms with Crippen molar-refractivity contribution in [3.8, 4) is 12.3 Å². The fourth-order valence-corrected chi connectivity index (χ4v) is 3.53. The highest BCUT2D eigenvalue weighted by Gasteiger charge is 2.29. The number of ether oxygens (including phenoxy) is 2. The van der Waals surface area contributed by atoms with Crippen LogP contribution in [0.3, 0.4) is 0 Å². The Morgan fingerprint density at radius 1 is 1.47 bits per heavy atom. The standard InChI is InChI=1S/C25H24ClFN2O3/c1-4-8-16(2)9-5-6-12-32-21-11-7-10-20(27)22(24(21)31-3)23(30)19-15-29-25-18(19)13-17(26)14-28-25/h1,5,8-11,13-15,23,30H,6-7,12H2,2-3H3,(H,28,29)/b9-5-,16-8-. The number of aliphatic hydroxyl groups is 1. The van der Waals surface area contributed by atoms with Crippen LogP contribution in [-0.4, -0.2) is 28.8 Å². The molecule has 5 nitrogen and oxygen atoms in total. The molecular formula is C25H24ClFN2O3. The van der Waals surface area contributed by atoms with Crippen molar-refractivity contribution in [2.24, 2.45) is 0 Å². The number of pyridine rings is 1. The Morgan fingerprint density at radius 3 is 3.03 bits per heavy atom. The van der Waals surface area contributed by atoms with Gasteiger partial charge in [-0.15, -0.1) is 6.42 Å². The van der Waals surface area contributed by atoms with Crippen molar-refractivity contribution in [3.05, 3.63) is 87.9 Å². The lowest BCUT2D eigenvalue weighted by Gasteiger charge is -2.19. The minimum atomic E-state index is -1.32. The zero-order valence-corrected chi connectivity index (χ0v) is 18.6. The molecule has 1 aliphatic rings. The van der Waals surface area contributed by atoms with E-state index in [1.54, 1.807) is 24.4 Å². The van der Waals surface area contributed by atoms with Crippen LogP contribution in [0.1, 0.15) is 31.4 Å². The first-order chi connectivity index (χ1) is 15.5. The van der Waals surface area contributed by atoms with Crippen LogP contribution in [-0.2, 0) is 9.47 Å². The lowest BCUT2D eigenvalue weighted by Crippen LogP contribution is -2.10. The maximum absolute atomic E-state index is 15.0. The average Bonchev–Trinajstić information content (AvgIpc) is 3.11. The van der Waals surface area contributed by atoms with Crippen molar-refractivity contribution < 1.29 is 19.0 Å². The van der Waals surface area contributed by atoms with Gasteiger partial charge < -0.3 is 19.6 Å². The minimum Gasteiger partial charge on any atom is -0.492 e. The summed E-state index contributed by atoms with van der Waals surface area (Å²) in [6.45, 7) is 2.25. The number of aliphatic hydroxyl groups excluding tert-OH is 1.